The number of benzene rings is 2. The van der Waals surface area contributed by atoms with Gasteiger partial charge in [0.05, 0.1) is 4.90 Å². The average Bonchev–Trinajstić information content (AvgIpc) is 2.49. The van der Waals surface area contributed by atoms with Crippen molar-refractivity contribution in [2.45, 2.75) is 32.6 Å². The van der Waals surface area contributed by atoms with E-state index >= 15 is 0 Å². The van der Waals surface area contributed by atoms with Crippen molar-refractivity contribution in [3.05, 3.63) is 58.7 Å². The lowest BCUT2D eigenvalue weighted by Crippen LogP contribution is -2.43. The van der Waals surface area contributed by atoms with Crippen molar-refractivity contribution in [2.75, 3.05) is 6.61 Å². The Kier molecular flexibility index (Phi) is 5.81. The molecule has 0 unspecified atom stereocenters. The smallest absolute Gasteiger partial charge is 0.272 e. The van der Waals surface area contributed by atoms with Gasteiger partial charge in [0.25, 0.3) is 15.9 Å². The first-order valence-corrected chi connectivity index (χ1v) is 9.25. The second kappa shape index (κ2) is 7.67. The maximum atomic E-state index is 12.3. The summed E-state index contributed by atoms with van der Waals surface area (Å²) in [6, 6.07) is 10.6. The molecule has 0 aromatic heterocycles. The van der Waals surface area contributed by atoms with Gasteiger partial charge in [0.2, 0.25) is 0 Å². The number of hydrazine groups is 1. The summed E-state index contributed by atoms with van der Waals surface area (Å²) in [5, 5.41) is 0. The van der Waals surface area contributed by atoms with Crippen molar-refractivity contribution in [1.82, 2.24) is 10.3 Å². The highest BCUT2D eigenvalue weighted by molar-refractivity contribution is 7.89. The molecule has 0 spiro atoms. The summed E-state index contributed by atoms with van der Waals surface area (Å²) in [4.78, 5) is 14.0. The van der Waals surface area contributed by atoms with Crippen molar-refractivity contribution in [3.8, 4) is 5.75 Å². The molecular weight excluding hydrogens is 340 g/mol. The second-order valence-corrected chi connectivity index (χ2v) is 7.69. The van der Waals surface area contributed by atoms with Crippen LogP contribution in [0.2, 0.25) is 0 Å². The van der Waals surface area contributed by atoms with Gasteiger partial charge in [-0.2, -0.15) is 0 Å². The van der Waals surface area contributed by atoms with Gasteiger partial charge in [-0.1, -0.05) is 23.8 Å². The van der Waals surface area contributed by atoms with Gasteiger partial charge in [0, 0.05) is 0 Å². The van der Waals surface area contributed by atoms with Crippen molar-refractivity contribution in [1.29, 1.82) is 0 Å². The first kappa shape index (κ1) is 19.0. The van der Waals surface area contributed by atoms with E-state index in [2.05, 4.69) is 10.3 Å². The SMILES string of the molecule is Cc1cc(C)cc(OCC(=O)NNS(=O)(=O)c2ccc(C)cc2C)c1. The molecule has 0 aliphatic rings. The Morgan fingerprint density at radius 2 is 1.60 bits per heavy atom. The van der Waals surface area contributed by atoms with Crippen LogP contribution in [0.5, 0.6) is 5.75 Å². The van der Waals surface area contributed by atoms with Crippen molar-refractivity contribution in [2.24, 2.45) is 0 Å². The quantitative estimate of drug-likeness (QED) is 0.773. The molecule has 134 valence electrons. The highest BCUT2D eigenvalue weighted by atomic mass is 32.2. The summed E-state index contributed by atoms with van der Waals surface area (Å²) >= 11 is 0. The zero-order valence-electron chi connectivity index (χ0n) is 14.7. The molecule has 2 rings (SSSR count). The van der Waals surface area contributed by atoms with Gasteiger partial charge in [-0.05, 0) is 62.6 Å². The van der Waals surface area contributed by atoms with Crippen LogP contribution in [0.3, 0.4) is 0 Å². The zero-order valence-corrected chi connectivity index (χ0v) is 15.5. The molecule has 0 heterocycles. The highest BCUT2D eigenvalue weighted by Crippen LogP contribution is 2.17. The second-order valence-electron chi connectivity index (χ2n) is 6.03. The minimum absolute atomic E-state index is 0.119. The van der Waals surface area contributed by atoms with Crippen LogP contribution in [-0.4, -0.2) is 20.9 Å². The maximum absolute atomic E-state index is 12.3. The first-order chi connectivity index (χ1) is 11.7. The molecule has 0 fully saturated rings. The van der Waals surface area contributed by atoms with Crippen molar-refractivity contribution < 1.29 is 17.9 Å². The number of sulfonamides is 1. The Morgan fingerprint density at radius 3 is 2.20 bits per heavy atom. The minimum atomic E-state index is -3.84. The molecule has 2 N–H and O–H groups in total. The Balaban J connectivity index is 1.94. The minimum Gasteiger partial charge on any atom is -0.484 e. The van der Waals surface area contributed by atoms with Gasteiger partial charge in [0.15, 0.2) is 6.61 Å². The van der Waals surface area contributed by atoms with Crippen LogP contribution in [0.4, 0.5) is 0 Å². The largest absolute Gasteiger partial charge is 0.484 e. The summed E-state index contributed by atoms with van der Waals surface area (Å²) in [6.07, 6.45) is 0. The average molecular weight is 362 g/mol. The molecular formula is C18H22N2O4S. The van der Waals surface area contributed by atoms with E-state index in [9.17, 15) is 13.2 Å². The first-order valence-electron chi connectivity index (χ1n) is 7.76. The number of hydrogen-bond donors (Lipinski definition) is 2. The number of nitrogens with one attached hydrogen (secondary N) is 2. The Hall–Kier alpha value is -2.38. The van der Waals surface area contributed by atoms with Gasteiger partial charge >= 0.3 is 0 Å². The third-order valence-corrected chi connectivity index (χ3v) is 4.92. The summed E-state index contributed by atoms with van der Waals surface area (Å²) in [7, 11) is -3.84. The fourth-order valence-corrected chi connectivity index (χ4v) is 3.57. The van der Waals surface area contributed by atoms with Gasteiger partial charge < -0.3 is 4.74 Å². The monoisotopic (exact) mass is 362 g/mol. The maximum Gasteiger partial charge on any atom is 0.272 e. The fourth-order valence-electron chi connectivity index (χ4n) is 2.48. The van der Waals surface area contributed by atoms with Crippen LogP contribution in [-0.2, 0) is 14.8 Å². The van der Waals surface area contributed by atoms with Crippen molar-refractivity contribution in [3.63, 3.8) is 0 Å². The number of amides is 1. The lowest BCUT2D eigenvalue weighted by atomic mass is 10.1. The lowest BCUT2D eigenvalue weighted by Gasteiger charge is -2.12. The third kappa shape index (κ3) is 5.30. The molecule has 7 heteroatoms. The van der Waals surface area contributed by atoms with Crippen molar-refractivity contribution >= 4 is 15.9 Å². The van der Waals surface area contributed by atoms with E-state index in [0.717, 1.165) is 16.7 Å². The summed E-state index contributed by atoms with van der Waals surface area (Å²) in [5.74, 6) is -0.0302. The van der Waals surface area contributed by atoms with Gasteiger partial charge in [-0.3, -0.25) is 10.2 Å². The van der Waals surface area contributed by atoms with Crippen LogP contribution in [0.1, 0.15) is 22.3 Å². The number of aryl methyl sites for hydroxylation is 4. The van der Waals surface area contributed by atoms with Gasteiger partial charge in [-0.25, -0.2) is 8.42 Å². The zero-order chi connectivity index (χ0) is 18.6. The fraction of sp³-hybridized carbons (Fsp3) is 0.278. The van der Waals surface area contributed by atoms with Crippen LogP contribution < -0.4 is 15.0 Å². The van der Waals surface area contributed by atoms with Crippen LogP contribution in [0.15, 0.2) is 41.3 Å². The highest BCUT2D eigenvalue weighted by Gasteiger charge is 2.17. The Morgan fingerprint density at radius 1 is 0.960 bits per heavy atom. The van der Waals surface area contributed by atoms with Gasteiger partial charge in [0.1, 0.15) is 5.75 Å². The predicted octanol–water partition coefficient (Wildman–Crippen LogP) is 2.31. The van der Waals surface area contributed by atoms with E-state index < -0.39 is 15.9 Å². The molecule has 0 radical (unpaired) electrons. The number of carbonyl (C=O) groups is 1. The topological polar surface area (TPSA) is 84.5 Å². The molecule has 2 aromatic carbocycles. The molecule has 25 heavy (non-hydrogen) atoms. The van der Waals surface area contributed by atoms with E-state index in [1.165, 1.54) is 6.07 Å². The van der Waals surface area contributed by atoms with Crippen LogP contribution >= 0.6 is 0 Å². The van der Waals surface area contributed by atoms with Crippen LogP contribution in [0.25, 0.3) is 0 Å². The molecule has 2 aromatic rings. The third-order valence-electron chi connectivity index (χ3n) is 3.51. The lowest BCUT2D eigenvalue weighted by molar-refractivity contribution is -0.123. The Labute approximate surface area is 148 Å². The molecule has 6 nitrogen and oxygen atoms in total. The molecule has 1 amide bonds. The molecule has 0 atom stereocenters. The van der Waals surface area contributed by atoms with E-state index in [-0.39, 0.29) is 11.5 Å². The number of carbonyl (C=O) groups excluding carboxylic acids is 1. The summed E-state index contributed by atoms with van der Waals surface area (Å²) in [6.45, 7) is 7.14. The molecule has 0 aliphatic carbocycles. The predicted molar refractivity (Wildman–Crippen MR) is 95.8 cm³/mol. The van der Waals surface area contributed by atoms with E-state index in [1.807, 2.05) is 26.8 Å². The van der Waals surface area contributed by atoms with E-state index in [0.29, 0.717) is 11.3 Å². The number of hydrogen-bond acceptors (Lipinski definition) is 4. The molecule has 0 aliphatic heterocycles. The normalized spacial score (nSPS) is 11.2. The van der Waals surface area contributed by atoms with Crippen LogP contribution in [0, 0.1) is 27.7 Å². The number of rotatable bonds is 6. The van der Waals surface area contributed by atoms with Gasteiger partial charge in [-0.15, -0.1) is 4.83 Å². The molecule has 0 saturated carbocycles. The van der Waals surface area contributed by atoms with E-state index in [1.54, 1.807) is 31.2 Å². The Bertz CT molecular complexity index is 872. The van der Waals surface area contributed by atoms with E-state index in [4.69, 9.17) is 4.74 Å². The number of ether oxygens (including phenoxy) is 1. The molecule has 0 saturated heterocycles. The standard InChI is InChI=1S/C18H22N2O4S/c1-12-5-6-17(15(4)8-12)25(22,23)20-19-18(21)11-24-16-9-13(2)7-14(3)10-16/h5-10,20H,11H2,1-4H3,(H,19,21). The molecule has 0 bridgehead atoms. The summed E-state index contributed by atoms with van der Waals surface area (Å²) in [5.41, 5.74) is 5.76. The summed E-state index contributed by atoms with van der Waals surface area (Å²) < 4.78 is 29.9.